The lowest BCUT2D eigenvalue weighted by atomic mass is 10.4. The minimum Gasteiger partial charge on any atom is -0.270 e. The van der Waals surface area contributed by atoms with Gasteiger partial charge in [-0.25, -0.2) is 17.2 Å². The number of alkyl halides is 2. The molecule has 0 fully saturated rings. The van der Waals surface area contributed by atoms with Crippen molar-refractivity contribution >= 4 is 19.7 Å². The summed E-state index contributed by atoms with van der Waals surface area (Å²) in [4.78, 5) is -0.113. The normalized spacial score (nSPS) is 11.0. The van der Waals surface area contributed by atoms with E-state index in [1.807, 2.05) is 13.1 Å². The Morgan fingerprint density at radius 3 is 2.00 bits per heavy atom. The fraction of sp³-hybridized carbons (Fsp3) is 0.455. The highest BCUT2D eigenvalue weighted by molar-refractivity contribution is 8.13. The Labute approximate surface area is 125 Å². The van der Waals surface area contributed by atoms with Crippen LogP contribution in [-0.4, -0.2) is 41.3 Å². The lowest BCUT2D eigenvalue weighted by Crippen LogP contribution is -1.99. The lowest BCUT2D eigenvalue weighted by molar-refractivity contribution is 0.426. The fourth-order valence-electron chi connectivity index (χ4n) is 1.36. The third-order valence-corrected chi connectivity index (χ3v) is 3.59. The summed E-state index contributed by atoms with van der Waals surface area (Å²) in [6.07, 6.45) is 5.80. The smallest absolute Gasteiger partial charge is 0.264 e. The maximum atomic E-state index is 11.7. The molecule has 10 heteroatoms. The van der Waals surface area contributed by atoms with E-state index in [0.717, 1.165) is 11.8 Å². The van der Waals surface area contributed by atoms with E-state index in [2.05, 4.69) is 10.2 Å². The SMILES string of the molecule is Cc1cnn(CCF)c1.O=S(=O)(Cl)c1cnn(CCF)c1. The van der Waals surface area contributed by atoms with E-state index in [4.69, 9.17) is 10.7 Å². The highest BCUT2D eigenvalue weighted by Crippen LogP contribution is 2.12. The van der Waals surface area contributed by atoms with Gasteiger partial charge in [0.2, 0.25) is 0 Å². The number of nitrogens with zero attached hydrogens (tertiary/aromatic N) is 4. The zero-order chi connectivity index (χ0) is 15.9. The summed E-state index contributed by atoms with van der Waals surface area (Å²) < 4.78 is 47.5. The monoisotopic (exact) mass is 340 g/mol. The van der Waals surface area contributed by atoms with Crippen molar-refractivity contribution in [3.8, 4) is 0 Å². The minimum atomic E-state index is -3.73. The molecule has 0 spiro atoms. The van der Waals surface area contributed by atoms with Gasteiger partial charge < -0.3 is 0 Å². The first-order valence-corrected chi connectivity index (χ1v) is 8.26. The number of rotatable bonds is 5. The van der Waals surface area contributed by atoms with E-state index in [1.54, 1.807) is 10.9 Å². The van der Waals surface area contributed by atoms with Crippen LogP contribution in [0.15, 0.2) is 29.7 Å². The second-order valence-electron chi connectivity index (χ2n) is 4.04. The topological polar surface area (TPSA) is 69.8 Å². The highest BCUT2D eigenvalue weighted by atomic mass is 35.7. The van der Waals surface area contributed by atoms with Crippen molar-refractivity contribution in [3.05, 3.63) is 30.4 Å². The van der Waals surface area contributed by atoms with Gasteiger partial charge in [0.1, 0.15) is 18.2 Å². The van der Waals surface area contributed by atoms with Gasteiger partial charge in [0.15, 0.2) is 0 Å². The van der Waals surface area contributed by atoms with E-state index >= 15 is 0 Å². The van der Waals surface area contributed by atoms with E-state index in [9.17, 15) is 17.2 Å². The summed E-state index contributed by atoms with van der Waals surface area (Å²) in [6, 6.07) is 0. The van der Waals surface area contributed by atoms with Gasteiger partial charge >= 0.3 is 0 Å². The maximum Gasteiger partial charge on any atom is 0.264 e. The van der Waals surface area contributed by atoms with Crippen molar-refractivity contribution < 1.29 is 17.2 Å². The standard InChI is InChI=1S/C6H9FN2.C5H6ClFN2O2S/c1-6-4-8-9(5-6)3-2-7;6-12(10,11)5-3-8-9(4-5)2-1-7/h4-5H,2-3H2,1H3;3-4H,1-2H2. The Bertz CT molecular complexity index is 657. The van der Waals surface area contributed by atoms with Gasteiger partial charge in [0, 0.05) is 23.1 Å². The molecule has 0 aliphatic rings. The van der Waals surface area contributed by atoms with Gasteiger partial charge in [0.25, 0.3) is 9.05 Å². The molecule has 0 aliphatic heterocycles. The van der Waals surface area contributed by atoms with Crippen LogP contribution in [0.4, 0.5) is 8.78 Å². The molecule has 0 amide bonds. The van der Waals surface area contributed by atoms with Crippen molar-refractivity contribution in [1.82, 2.24) is 19.6 Å². The van der Waals surface area contributed by atoms with Gasteiger partial charge in [0.05, 0.1) is 25.5 Å². The molecule has 0 N–H and O–H groups in total. The van der Waals surface area contributed by atoms with E-state index < -0.39 is 15.7 Å². The van der Waals surface area contributed by atoms with Crippen molar-refractivity contribution in [1.29, 1.82) is 0 Å². The van der Waals surface area contributed by atoms with Crippen molar-refractivity contribution in [2.24, 2.45) is 0 Å². The Hall–Kier alpha value is -1.48. The fourth-order valence-corrected chi connectivity index (χ4v) is 2.01. The van der Waals surface area contributed by atoms with Gasteiger partial charge in [-0.15, -0.1) is 0 Å². The number of hydrogen-bond acceptors (Lipinski definition) is 4. The van der Waals surface area contributed by atoms with Crippen LogP contribution in [0.3, 0.4) is 0 Å². The Morgan fingerprint density at radius 2 is 1.62 bits per heavy atom. The Balaban J connectivity index is 0.000000219. The maximum absolute atomic E-state index is 11.7. The average Bonchev–Trinajstić information content (AvgIpc) is 3.00. The molecule has 0 unspecified atom stereocenters. The molecular formula is C11H15ClF2N4O2S. The second kappa shape index (κ2) is 8.08. The predicted octanol–water partition coefficient (Wildman–Crippen LogP) is 1.94. The van der Waals surface area contributed by atoms with Crippen LogP contribution in [0.25, 0.3) is 0 Å². The first-order valence-electron chi connectivity index (χ1n) is 5.95. The zero-order valence-corrected chi connectivity index (χ0v) is 12.9. The summed E-state index contributed by atoms with van der Waals surface area (Å²) in [5.41, 5.74) is 1.07. The van der Waals surface area contributed by atoms with Crippen molar-refractivity contribution in [3.63, 3.8) is 0 Å². The third-order valence-electron chi connectivity index (χ3n) is 2.28. The third kappa shape index (κ3) is 6.21. The second-order valence-corrected chi connectivity index (χ2v) is 6.60. The van der Waals surface area contributed by atoms with Crippen molar-refractivity contribution in [2.75, 3.05) is 13.3 Å². The lowest BCUT2D eigenvalue weighted by Gasteiger charge is -1.92. The average molecular weight is 341 g/mol. The molecule has 0 atom stereocenters. The summed E-state index contributed by atoms with van der Waals surface area (Å²) in [5, 5.41) is 7.47. The van der Waals surface area contributed by atoms with Crippen LogP contribution in [0, 0.1) is 6.92 Å². The number of halogens is 3. The zero-order valence-electron chi connectivity index (χ0n) is 11.3. The first-order chi connectivity index (χ1) is 9.86. The van der Waals surface area contributed by atoms with Gasteiger partial charge in [-0.3, -0.25) is 9.36 Å². The molecule has 2 aromatic rings. The molecule has 0 radical (unpaired) electrons. The number of aromatic nitrogens is 4. The van der Waals surface area contributed by atoms with E-state index in [1.165, 1.54) is 10.9 Å². The van der Waals surface area contributed by atoms with Crippen LogP contribution in [0.5, 0.6) is 0 Å². The molecule has 2 heterocycles. The minimum absolute atomic E-state index is 0.0341. The first kappa shape index (κ1) is 17.6. The summed E-state index contributed by atoms with van der Waals surface area (Å²) in [6.45, 7) is 1.40. The Morgan fingerprint density at radius 1 is 1.10 bits per heavy atom. The summed E-state index contributed by atoms with van der Waals surface area (Å²) in [7, 11) is 1.26. The highest BCUT2D eigenvalue weighted by Gasteiger charge is 2.11. The van der Waals surface area contributed by atoms with E-state index in [0.29, 0.717) is 6.54 Å². The summed E-state index contributed by atoms with van der Waals surface area (Å²) >= 11 is 0. The van der Waals surface area contributed by atoms with Gasteiger partial charge in [-0.2, -0.15) is 10.2 Å². The van der Waals surface area contributed by atoms with Gasteiger partial charge in [-0.1, -0.05) is 0 Å². The quantitative estimate of drug-likeness (QED) is 0.780. The largest absolute Gasteiger partial charge is 0.270 e. The van der Waals surface area contributed by atoms with Gasteiger partial charge in [-0.05, 0) is 12.5 Å². The molecule has 0 aromatic carbocycles. The molecular weight excluding hydrogens is 326 g/mol. The molecule has 0 bridgehead atoms. The molecule has 0 saturated heterocycles. The van der Waals surface area contributed by atoms with Crippen LogP contribution in [0.1, 0.15) is 5.56 Å². The Kier molecular flexibility index (Phi) is 6.76. The molecule has 0 saturated carbocycles. The molecule has 21 heavy (non-hydrogen) atoms. The van der Waals surface area contributed by atoms with E-state index in [-0.39, 0.29) is 18.1 Å². The predicted molar refractivity (Wildman–Crippen MR) is 74.2 cm³/mol. The molecule has 0 aliphatic carbocycles. The van der Waals surface area contributed by atoms with Crippen LogP contribution in [-0.2, 0) is 22.1 Å². The number of aryl methyl sites for hydroxylation is 3. The number of hydrogen-bond donors (Lipinski definition) is 0. The van der Waals surface area contributed by atoms with Crippen LogP contribution in [0.2, 0.25) is 0 Å². The molecule has 2 rings (SSSR count). The molecule has 6 nitrogen and oxygen atoms in total. The summed E-state index contributed by atoms with van der Waals surface area (Å²) in [5.74, 6) is 0. The van der Waals surface area contributed by atoms with Crippen LogP contribution < -0.4 is 0 Å². The molecule has 2 aromatic heterocycles. The van der Waals surface area contributed by atoms with Crippen molar-refractivity contribution in [2.45, 2.75) is 24.9 Å². The molecule has 118 valence electrons. The van der Waals surface area contributed by atoms with Crippen LogP contribution >= 0.6 is 10.7 Å².